The van der Waals surface area contributed by atoms with Gasteiger partial charge in [0, 0.05) is 11.8 Å². The van der Waals surface area contributed by atoms with Gasteiger partial charge in [-0.15, -0.1) is 0 Å². The van der Waals surface area contributed by atoms with E-state index >= 15 is 0 Å². The molecular weight excluding hydrogens is 298 g/mol. The predicted molar refractivity (Wildman–Crippen MR) is 91.2 cm³/mol. The highest BCUT2D eigenvalue weighted by molar-refractivity contribution is 6.01. The lowest BCUT2D eigenvalue weighted by Gasteiger charge is -2.35. The van der Waals surface area contributed by atoms with E-state index in [2.05, 4.69) is 19.9 Å². The minimum absolute atomic E-state index is 0.0149. The molecule has 1 unspecified atom stereocenters. The van der Waals surface area contributed by atoms with Crippen molar-refractivity contribution in [1.82, 2.24) is 9.78 Å². The third kappa shape index (κ3) is 2.19. The van der Waals surface area contributed by atoms with Crippen molar-refractivity contribution >= 4 is 5.78 Å². The van der Waals surface area contributed by atoms with Gasteiger partial charge >= 0.3 is 0 Å². The quantitative estimate of drug-likeness (QED) is 0.840. The zero-order chi connectivity index (χ0) is 17.1. The summed E-state index contributed by atoms with van der Waals surface area (Å²) in [6, 6.07) is 9.58. The van der Waals surface area contributed by atoms with E-state index in [1.807, 2.05) is 23.7 Å². The number of nitrogens with zero attached hydrogens (tertiary/aromatic N) is 3. The Morgan fingerprint density at radius 2 is 1.92 bits per heavy atom. The first-order chi connectivity index (χ1) is 11.4. The minimum atomic E-state index is -0.0741. The Morgan fingerprint density at radius 1 is 1.25 bits per heavy atom. The van der Waals surface area contributed by atoms with Gasteiger partial charge in [-0.2, -0.15) is 10.4 Å². The third-order valence-electron chi connectivity index (χ3n) is 5.65. The van der Waals surface area contributed by atoms with E-state index < -0.39 is 0 Å². The van der Waals surface area contributed by atoms with Gasteiger partial charge in [0.25, 0.3) is 0 Å². The van der Waals surface area contributed by atoms with Crippen LogP contribution in [0.4, 0.5) is 0 Å². The third-order valence-corrected chi connectivity index (χ3v) is 5.65. The monoisotopic (exact) mass is 319 g/mol. The molecular formula is C20H21N3O. The smallest absolute Gasteiger partial charge is 0.169 e. The highest BCUT2D eigenvalue weighted by Crippen LogP contribution is 2.47. The van der Waals surface area contributed by atoms with E-state index in [4.69, 9.17) is 10.4 Å². The van der Waals surface area contributed by atoms with Crippen LogP contribution in [-0.4, -0.2) is 15.6 Å². The zero-order valence-electron chi connectivity index (χ0n) is 14.3. The van der Waals surface area contributed by atoms with Gasteiger partial charge in [-0.3, -0.25) is 4.79 Å². The molecule has 1 heterocycles. The Hall–Kier alpha value is -2.41. The van der Waals surface area contributed by atoms with Gasteiger partial charge in [-0.05, 0) is 48.9 Å². The number of ketones is 1. The van der Waals surface area contributed by atoms with Crippen LogP contribution in [0.2, 0.25) is 0 Å². The number of hydrogen-bond donors (Lipinski definition) is 0. The molecule has 0 bridgehead atoms. The maximum atomic E-state index is 13.0. The summed E-state index contributed by atoms with van der Waals surface area (Å²) in [4.78, 5) is 13.0. The van der Waals surface area contributed by atoms with Crippen molar-refractivity contribution in [3.05, 3.63) is 46.8 Å². The molecule has 2 aromatic rings. The van der Waals surface area contributed by atoms with Gasteiger partial charge in [0.1, 0.15) is 0 Å². The molecule has 4 rings (SSSR count). The first-order valence-corrected chi connectivity index (χ1v) is 8.59. The van der Waals surface area contributed by atoms with Crippen molar-refractivity contribution in [1.29, 1.82) is 5.26 Å². The molecule has 4 nitrogen and oxygen atoms in total. The van der Waals surface area contributed by atoms with Crippen molar-refractivity contribution in [3.63, 3.8) is 0 Å². The number of rotatable bonds is 2. The normalized spacial score (nSPS) is 22.1. The highest BCUT2D eigenvalue weighted by Gasteiger charge is 2.44. The first-order valence-electron chi connectivity index (χ1n) is 8.59. The van der Waals surface area contributed by atoms with Crippen LogP contribution in [-0.2, 0) is 6.42 Å². The molecule has 0 amide bonds. The number of carbonyl (C=O) groups is 1. The van der Waals surface area contributed by atoms with Crippen LogP contribution < -0.4 is 0 Å². The summed E-state index contributed by atoms with van der Waals surface area (Å²) in [6.07, 6.45) is 3.10. The lowest BCUT2D eigenvalue weighted by molar-refractivity contribution is 0.0787. The van der Waals surface area contributed by atoms with E-state index in [1.165, 1.54) is 0 Å². The number of carbonyl (C=O) groups excluding carboxylic acids is 1. The Morgan fingerprint density at radius 3 is 2.50 bits per heavy atom. The predicted octanol–water partition coefficient (Wildman–Crippen LogP) is 4.02. The average Bonchev–Trinajstić information content (AvgIpc) is 3.35. The molecule has 1 atom stereocenters. The van der Waals surface area contributed by atoms with Gasteiger partial charge in [0.05, 0.1) is 34.3 Å². The van der Waals surface area contributed by atoms with Crippen LogP contribution in [0.15, 0.2) is 24.3 Å². The largest absolute Gasteiger partial charge is 0.294 e. The number of benzene rings is 1. The molecule has 0 N–H and O–H groups in total. The summed E-state index contributed by atoms with van der Waals surface area (Å²) in [5, 5.41) is 13.8. The van der Waals surface area contributed by atoms with E-state index in [1.54, 1.807) is 12.1 Å². The molecule has 0 saturated heterocycles. The van der Waals surface area contributed by atoms with Crippen LogP contribution in [0.25, 0.3) is 5.69 Å². The molecule has 24 heavy (non-hydrogen) atoms. The second-order valence-electron chi connectivity index (χ2n) is 7.80. The fourth-order valence-corrected chi connectivity index (χ4v) is 3.59. The maximum Gasteiger partial charge on any atom is 0.169 e. The molecule has 1 aromatic carbocycles. The summed E-state index contributed by atoms with van der Waals surface area (Å²) in [7, 11) is 0. The molecule has 0 spiro atoms. The summed E-state index contributed by atoms with van der Waals surface area (Å²) in [6.45, 7) is 6.36. The average molecular weight is 319 g/mol. The van der Waals surface area contributed by atoms with Crippen molar-refractivity contribution in [3.8, 4) is 11.8 Å². The molecule has 1 fully saturated rings. The van der Waals surface area contributed by atoms with E-state index in [-0.39, 0.29) is 17.1 Å². The van der Waals surface area contributed by atoms with E-state index in [0.29, 0.717) is 11.5 Å². The Balaban J connectivity index is 1.90. The standard InChI is InChI=1S/C20H21N3O/c1-12-19(24)17-16(10-20(12,2)3)23(22-18(17)14-6-7-14)15-8-4-13(11-21)5-9-15/h4-5,8-9,12,14H,6-7,10H2,1-3H3. The lowest BCUT2D eigenvalue weighted by atomic mass is 9.68. The number of nitriles is 1. The number of Topliss-reactive ketones (excluding diaryl/α,β-unsaturated/α-hetero) is 1. The summed E-state index contributed by atoms with van der Waals surface area (Å²) in [5.74, 6) is 0.694. The minimum Gasteiger partial charge on any atom is -0.294 e. The van der Waals surface area contributed by atoms with Gasteiger partial charge in [0.2, 0.25) is 0 Å². The Kier molecular flexibility index (Phi) is 3.18. The molecule has 2 aliphatic rings. The molecule has 122 valence electrons. The SMILES string of the molecule is CC1C(=O)c2c(C3CC3)nn(-c3ccc(C#N)cc3)c2CC1(C)C. The van der Waals surface area contributed by atoms with Crippen molar-refractivity contribution in [2.24, 2.45) is 11.3 Å². The van der Waals surface area contributed by atoms with Crippen LogP contribution in [0, 0.1) is 22.7 Å². The van der Waals surface area contributed by atoms with Crippen LogP contribution in [0.5, 0.6) is 0 Å². The molecule has 4 heteroatoms. The van der Waals surface area contributed by atoms with Crippen molar-refractivity contribution < 1.29 is 4.79 Å². The van der Waals surface area contributed by atoms with Crippen LogP contribution >= 0.6 is 0 Å². The van der Waals surface area contributed by atoms with Gasteiger partial charge < -0.3 is 0 Å². The van der Waals surface area contributed by atoms with E-state index in [0.717, 1.165) is 41.9 Å². The Labute approximate surface area is 142 Å². The number of aromatic nitrogens is 2. The molecule has 2 aliphatic carbocycles. The van der Waals surface area contributed by atoms with Crippen LogP contribution in [0.1, 0.15) is 66.8 Å². The topological polar surface area (TPSA) is 58.7 Å². The lowest BCUT2D eigenvalue weighted by Crippen LogP contribution is -2.37. The summed E-state index contributed by atoms with van der Waals surface area (Å²) in [5.41, 5.74) is 4.38. The van der Waals surface area contributed by atoms with Crippen LogP contribution in [0.3, 0.4) is 0 Å². The van der Waals surface area contributed by atoms with Gasteiger partial charge in [-0.1, -0.05) is 20.8 Å². The van der Waals surface area contributed by atoms with E-state index in [9.17, 15) is 4.79 Å². The highest BCUT2D eigenvalue weighted by atomic mass is 16.1. The fourth-order valence-electron chi connectivity index (χ4n) is 3.59. The number of fused-ring (bicyclic) bond motifs is 1. The summed E-state index contributed by atoms with van der Waals surface area (Å²) < 4.78 is 1.94. The zero-order valence-corrected chi connectivity index (χ0v) is 14.3. The van der Waals surface area contributed by atoms with Gasteiger partial charge in [0.15, 0.2) is 5.78 Å². The molecule has 1 aromatic heterocycles. The molecule has 0 radical (unpaired) electrons. The molecule has 0 aliphatic heterocycles. The van der Waals surface area contributed by atoms with Gasteiger partial charge in [-0.25, -0.2) is 4.68 Å². The maximum absolute atomic E-state index is 13.0. The number of hydrogen-bond acceptors (Lipinski definition) is 3. The second kappa shape index (κ2) is 5.04. The molecule has 1 saturated carbocycles. The fraction of sp³-hybridized carbons (Fsp3) is 0.450. The van der Waals surface area contributed by atoms with Crippen molar-refractivity contribution in [2.75, 3.05) is 0 Å². The second-order valence-corrected chi connectivity index (χ2v) is 7.80. The Bertz CT molecular complexity index is 864. The first kappa shape index (κ1) is 15.1. The van der Waals surface area contributed by atoms with Crippen molar-refractivity contribution in [2.45, 2.75) is 46.0 Å². The summed E-state index contributed by atoms with van der Waals surface area (Å²) >= 11 is 0.